The Balaban J connectivity index is 1.57. The van der Waals surface area contributed by atoms with E-state index >= 15 is 0 Å². The SMILES string of the molecule is O=C(CSc1nnc(-c2cccnc2)n1-c1ccc(Br)cc1)Nc1cc(C(F)(F)F)ccc1Cl. The number of pyridine rings is 1. The Labute approximate surface area is 209 Å². The van der Waals surface area contributed by atoms with E-state index in [0.717, 1.165) is 45.7 Å². The quantitative estimate of drug-likeness (QED) is 0.269. The normalized spacial score (nSPS) is 11.4. The Kier molecular flexibility index (Phi) is 7.24. The zero-order valence-corrected chi connectivity index (χ0v) is 20.2. The smallest absolute Gasteiger partial charge is 0.324 e. The summed E-state index contributed by atoms with van der Waals surface area (Å²) in [5.74, 6) is -0.146. The molecule has 4 aromatic rings. The van der Waals surface area contributed by atoms with Crippen LogP contribution in [0.25, 0.3) is 17.1 Å². The average molecular weight is 569 g/mol. The number of halogens is 5. The first-order valence-corrected chi connectivity index (χ1v) is 11.8. The van der Waals surface area contributed by atoms with Gasteiger partial charge in [-0.1, -0.05) is 39.3 Å². The Morgan fingerprint density at radius 3 is 2.56 bits per heavy atom. The van der Waals surface area contributed by atoms with Crippen LogP contribution >= 0.6 is 39.3 Å². The third kappa shape index (κ3) is 5.60. The standard InChI is InChI=1S/C22H14BrClF3N5OS/c23-15-4-6-16(7-5-15)32-20(13-2-1-9-28-11-13)30-31-21(32)34-12-19(33)29-18-10-14(22(25,26)27)3-8-17(18)24/h1-11H,12H2,(H,29,33). The number of hydrogen-bond donors (Lipinski definition) is 1. The molecule has 1 N–H and O–H groups in total. The monoisotopic (exact) mass is 567 g/mol. The summed E-state index contributed by atoms with van der Waals surface area (Å²) in [6, 6.07) is 13.8. The largest absolute Gasteiger partial charge is 0.416 e. The molecule has 2 aromatic carbocycles. The first-order valence-electron chi connectivity index (χ1n) is 9.63. The molecule has 0 fully saturated rings. The number of benzene rings is 2. The van der Waals surface area contributed by atoms with Gasteiger partial charge in [-0.15, -0.1) is 10.2 Å². The zero-order valence-electron chi connectivity index (χ0n) is 17.1. The highest BCUT2D eigenvalue weighted by Gasteiger charge is 2.31. The molecule has 0 aliphatic heterocycles. The minimum atomic E-state index is -4.55. The van der Waals surface area contributed by atoms with Gasteiger partial charge in [0.05, 0.1) is 22.0 Å². The highest BCUT2D eigenvalue weighted by Crippen LogP contribution is 2.34. The van der Waals surface area contributed by atoms with Crippen molar-refractivity contribution in [3.8, 4) is 17.1 Å². The number of thioether (sulfide) groups is 1. The summed E-state index contributed by atoms with van der Waals surface area (Å²) >= 11 is 10.5. The van der Waals surface area contributed by atoms with E-state index in [0.29, 0.717) is 11.0 Å². The maximum absolute atomic E-state index is 13.0. The third-order valence-electron chi connectivity index (χ3n) is 4.54. The molecule has 0 saturated carbocycles. The summed E-state index contributed by atoms with van der Waals surface area (Å²) in [7, 11) is 0. The van der Waals surface area contributed by atoms with Crippen LogP contribution in [0.2, 0.25) is 5.02 Å². The van der Waals surface area contributed by atoms with E-state index < -0.39 is 17.6 Å². The minimum Gasteiger partial charge on any atom is -0.324 e. The first kappa shape index (κ1) is 24.2. The topological polar surface area (TPSA) is 72.7 Å². The molecule has 0 aliphatic rings. The number of amides is 1. The molecule has 0 spiro atoms. The molecule has 4 rings (SSSR count). The number of carbonyl (C=O) groups is 1. The van der Waals surface area contributed by atoms with Crippen LogP contribution in [-0.4, -0.2) is 31.4 Å². The molecular formula is C22H14BrClF3N5OS. The van der Waals surface area contributed by atoms with Crippen molar-refractivity contribution >= 4 is 50.9 Å². The summed E-state index contributed by atoms with van der Waals surface area (Å²) in [4.78, 5) is 16.6. The van der Waals surface area contributed by atoms with Crippen molar-refractivity contribution in [1.82, 2.24) is 19.7 Å². The number of anilines is 1. The number of hydrogen-bond acceptors (Lipinski definition) is 5. The van der Waals surface area contributed by atoms with E-state index in [1.807, 2.05) is 30.3 Å². The van der Waals surface area contributed by atoms with Gasteiger partial charge in [-0.3, -0.25) is 14.3 Å². The lowest BCUT2D eigenvalue weighted by molar-refractivity contribution is -0.137. The lowest BCUT2D eigenvalue weighted by Gasteiger charge is -2.12. The van der Waals surface area contributed by atoms with Crippen LogP contribution in [0, 0.1) is 0 Å². The van der Waals surface area contributed by atoms with E-state index in [1.165, 1.54) is 0 Å². The molecule has 2 aromatic heterocycles. The lowest BCUT2D eigenvalue weighted by Crippen LogP contribution is -2.16. The van der Waals surface area contributed by atoms with Gasteiger partial charge in [0.15, 0.2) is 11.0 Å². The van der Waals surface area contributed by atoms with Crippen LogP contribution in [-0.2, 0) is 11.0 Å². The van der Waals surface area contributed by atoms with Crippen molar-refractivity contribution in [3.05, 3.63) is 82.0 Å². The number of nitrogens with zero attached hydrogens (tertiary/aromatic N) is 4. The van der Waals surface area contributed by atoms with Gasteiger partial charge in [-0.05, 0) is 54.6 Å². The second kappa shape index (κ2) is 10.2. The maximum Gasteiger partial charge on any atom is 0.416 e. The Morgan fingerprint density at radius 2 is 1.88 bits per heavy atom. The molecule has 174 valence electrons. The van der Waals surface area contributed by atoms with Crippen molar-refractivity contribution in [2.24, 2.45) is 0 Å². The third-order valence-corrected chi connectivity index (χ3v) is 6.33. The summed E-state index contributed by atoms with van der Waals surface area (Å²) in [5, 5.41) is 11.3. The highest BCUT2D eigenvalue weighted by atomic mass is 79.9. The zero-order chi connectivity index (χ0) is 24.3. The Bertz CT molecular complexity index is 1320. The van der Waals surface area contributed by atoms with Crippen LogP contribution in [0.4, 0.5) is 18.9 Å². The Hall–Kier alpha value is -2.89. The van der Waals surface area contributed by atoms with Gasteiger partial charge in [0.25, 0.3) is 0 Å². The predicted octanol–water partition coefficient (Wildman–Crippen LogP) is 6.49. The van der Waals surface area contributed by atoms with E-state index in [2.05, 4.69) is 36.4 Å². The molecule has 0 saturated heterocycles. The summed E-state index contributed by atoms with van der Waals surface area (Å²) in [6.45, 7) is 0. The average Bonchev–Trinajstić information content (AvgIpc) is 3.23. The van der Waals surface area contributed by atoms with Crippen molar-refractivity contribution in [1.29, 1.82) is 0 Å². The maximum atomic E-state index is 13.0. The van der Waals surface area contributed by atoms with E-state index in [-0.39, 0.29) is 16.5 Å². The van der Waals surface area contributed by atoms with Crippen LogP contribution < -0.4 is 5.32 Å². The van der Waals surface area contributed by atoms with Crippen molar-refractivity contribution in [2.75, 3.05) is 11.1 Å². The molecule has 0 bridgehead atoms. The number of aromatic nitrogens is 4. The molecular weight excluding hydrogens is 555 g/mol. The molecule has 0 aliphatic carbocycles. The van der Waals surface area contributed by atoms with E-state index in [4.69, 9.17) is 11.6 Å². The van der Waals surface area contributed by atoms with Gasteiger partial charge < -0.3 is 5.32 Å². The fourth-order valence-electron chi connectivity index (χ4n) is 2.98. The molecule has 12 heteroatoms. The molecule has 34 heavy (non-hydrogen) atoms. The fraction of sp³-hybridized carbons (Fsp3) is 0.0909. The number of rotatable bonds is 6. The van der Waals surface area contributed by atoms with E-state index in [9.17, 15) is 18.0 Å². The minimum absolute atomic E-state index is 0.00300. The second-order valence-electron chi connectivity index (χ2n) is 6.89. The highest BCUT2D eigenvalue weighted by molar-refractivity contribution is 9.10. The lowest BCUT2D eigenvalue weighted by atomic mass is 10.2. The van der Waals surface area contributed by atoms with Crippen molar-refractivity contribution < 1.29 is 18.0 Å². The molecule has 2 heterocycles. The first-order chi connectivity index (χ1) is 16.2. The van der Waals surface area contributed by atoms with Crippen molar-refractivity contribution in [3.63, 3.8) is 0 Å². The van der Waals surface area contributed by atoms with Crippen molar-refractivity contribution in [2.45, 2.75) is 11.3 Å². The Morgan fingerprint density at radius 1 is 1.12 bits per heavy atom. The van der Waals surface area contributed by atoms with Crippen LogP contribution in [0.3, 0.4) is 0 Å². The predicted molar refractivity (Wildman–Crippen MR) is 128 cm³/mol. The van der Waals surface area contributed by atoms with Crippen LogP contribution in [0.15, 0.2) is 76.6 Å². The number of alkyl halides is 3. The second-order valence-corrected chi connectivity index (χ2v) is 9.15. The number of nitrogens with one attached hydrogen (secondary N) is 1. The van der Waals surface area contributed by atoms with Crippen LogP contribution in [0.1, 0.15) is 5.56 Å². The van der Waals surface area contributed by atoms with Gasteiger partial charge in [0.2, 0.25) is 5.91 Å². The molecule has 0 unspecified atom stereocenters. The molecule has 0 atom stereocenters. The van der Waals surface area contributed by atoms with Gasteiger partial charge in [-0.2, -0.15) is 13.2 Å². The van der Waals surface area contributed by atoms with Crippen LogP contribution in [0.5, 0.6) is 0 Å². The fourth-order valence-corrected chi connectivity index (χ4v) is 4.16. The number of carbonyl (C=O) groups excluding carboxylic acids is 1. The van der Waals surface area contributed by atoms with Gasteiger partial charge in [0.1, 0.15) is 0 Å². The van der Waals surface area contributed by atoms with E-state index in [1.54, 1.807) is 23.0 Å². The summed E-state index contributed by atoms with van der Waals surface area (Å²) < 4.78 is 41.6. The summed E-state index contributed by atoms with van der Waals surface area (Å²) in [5.41, 5.74) is 0.462. The molecule has 0 radical (unpaired) electrons. The van der Waals surface area contributed by atoms with Gasteiger partial charge in [0, 0.05) is 28.1 Å². The summed E-state index contributed by atoms with van der Waals surface area (Å²) in [6.07, 6.45) is -1.26. The molecule has 6 nitrogen and oxygen atoms in total. The molecule has 1 amide bonds. The van der Waals surface area contributed by atoms with Gasteiger partial charge >= 0.3 is 6.18 Å². The van der Waals surface area contributed by atoms with Gasteiger partial charge in [-0.25, -0.2) is 0 Å².